The fraction of sp³-hybridized carbons (Fsp3) is 0.667. The topological polar surface area (TPSA) is 0 Å². The van der Waals surface area contributed by atoms with E-state index in [2.05, 4.69) is 70.7 Å². The lowest BCUT2D eigenvalue weighted by Crippen LogP contribution is -2.30. The van der Waals surface area contributed by atoms with Gasteiger partial charge in [0.25, 0.3) is 0 Å². The monoisotopic (exact) mass is 278 g/mol. The van der Waals surface area contributed by atoms with Gasteiger partial charge in [-0.2, -0.15) is 0 Å². The summed E-state index contributed by atoms with van der Waals surface area (Å²) < 4.78 is 0. The Morgan fingerprint density at radius 3 is 1.32 bits per heavy atom. The van der Waals surface area contributed by atoms with Crippen LogP contribution >= 0.6 is 9.24 Å². The fourth-order valence-corrected chi connectivity index (χ4v) is 4.39. The quantitative estimate of drug-likeness (QED) is 0.674. The third-order valence-electron chi connectivity index (χ3n) is 3.79. The summed E-state index contributed by atoms with van der Waals surface area (Å²) in [4.78, 5) is 0. The summed E-state index contributed by atoms with van der Waals surface area (Å²) in [6.07, 6.45) is 2.23. The maximum atomic E-state index is 3.05. The van der Waals surface area contributed by atoms with Crippen LogP contribution in [-0.4, -0.2) is 0 Å². The lowest BCUT2D eigenvalue weighted by molar-refractivity contribution is 0.567. The molecule has 0 nitrogen and oxygen atoms in total. The second kappa shape index (κ2) is 5.57. The summed E-state index contributed by atoms with van der Waals surface area (Å²) in [6.45, 7) is 18.5. The molecule has 108 valence electrons. The Bertz CT molecular complexity index is 416. The van der Waals surface area contributed by atoms with E-state index in [1.807, 2.05) is 0 Å². The average molecular weight is 278 g/mol. The molecular weight excluding hydrogens is 247 g/mol. The van der Waals surface area contributed by atoms with E-state index in [9.17, 15) is 0 Å². The first-order chi connectivity index (χ1) is 8.54. The molecular formula is C18H31P. The summed E-state index contributed by atoms with van der Waals surface area (Å²) in [5.74, 6) is 0. The van der Waals surface area contributed by atoms with Crippen LogP contribution in [0.15, 0.2) is 6.07 Å². The largest absolute Gasteiger partial charge is 0.105 e. The van der Waals surface area contributed by atoms with Gasteiger partial charge in [0, 0.05) is 0 Å². The van der Waals surface area contributed by atoms with E-state index in [0.717, 1.165) is 12.8 Å². The highest BCUT2D eigenvalue weighted by Crippen LogP contribution is 2.34. The summed E-state index contributed by atoms with van der Waals surface area (Å²) in [5, 5.41) is 1.44. The Morgan fingerprint density at radius 1 is 0.789 bits per heavy atom. The molecule has 1 aromatic carbocycles. The van der Waals surface area contributed by atoms with Gasteiger partial charge in [-0.1, -0.05) is 61.5 Å². The van der Waals surface area contributed by atoms with Crippen molar-refractivity contribution < 1.29 is 0 Å². The van der Waals surface area contributed by atoms with Crippen molar-refractivity contribution in [2.45, 2.75) is 79.1 Å². The Kier molecular flexibility index (Phi) is 4.89. The van der Waals surface area contributed by atoms with Crippen LogP contribution in [0.25, 0.3) is 0 Å². The van der Waals surface area contributed by atoms with Crippen LogP contribution in [-0.2, 0) is 23.7 Å². The van der Waals surface area contributed by atoms with E-state index in [0.29, 0.717) is 0 Å². The number of hydrogen-bond acceptors (Lipinski definition) is 0. The molecule has 0 aliphatic heterocycles. The normalized spacial score (nSPS) is 12.9. The second-order valence-corrected chi connectivity index (χ2v) is 8.14. The number of rotatable bonds is 2. The van der Waals surface area contributed by atoms with Gasteiger partial charge in [-0.3, -0.25) is 0 Å². The van der Waals surface area contributed by atoms with Gasteiger partial charge in [-0.05, 0) is 51.2 Å². The summed E-state index contributed by atoms with van der Waals surface area (Å²) >= 11 is 0. The molecule has 0 bridgehead atoms. The average Bonchev–Trinajstić information content (AvgIpc) is 2.23. The summed E-state index contributed by atoms with van der Waals surface area (Å²) in [6, 6.07) is 2.45. The van der Waals surface area contributed by atoms with Gasteiger partial charge in [0.15, 0.2) is 0 Å². The first kappa shape index (κ1) is 16.7. The smallest absolute Gasteiger partial charge is 0.0123 e. The van der Waals surface area contributed by atoms with Gasteiger partial charge in [0.05, 0.1) is 0 Å². The first-order valence-corrected chi connectivity index (χ1v) is 8.06. The molecule has 0 spiro atoms. The highest BCUT2D eigenvalue weighted by atomic mass is 31.0. The molecule has 0 saturated heterocycles. The molecule has 19 heavy (non-hydrogen) atoms. The van der Waals surface area contributed by atoms with Crippen molar-refractivity contribution in [2.24, 2.45) is 0 Å². The van der Waals surface area contributed by atoms with Crippen molar-refractivity contribution in [2.75, 3.05) is 0 Å². The molecule has 0 heterocycles. The summed E-state index contributed by atoms with van der Waals surface area (Å²) in [5.41, 5.74) is 6.50. The molecule has 0 fully saturated rings. The van der Waals surface area contributed by atoms with Gasteiger partial charge < -0.3 is 0 Å². The molecule has 1 unspecified atom stereocenters. The van der Waals surface area contributed by atoms with Crippen molar-refractivity contribution in [3.05, 3.63) is 28.3 Å². The molecule has 0 aromatic heterocycles. The predicted octanol–water partition coefficient (Wildman–Crippen LogP) is 4.91. The Morgan fingerprint density at radius 2 is 1.11 bits per heavy atom. The Labute approximate surface area is 122 Å². The molecule has 0 saturated carbocycles. The maximum Gasteiger partial charge on any atom is -0.0123 e. The standard InChI is InChI=1S/C18H31P/c1-9-12-11-13(10-2)15(18(6,7)8)16(19)14(12)17(3,4)5/h11H,9-10,19H2,1-8H3. The predicted molar refractivity (Wildman–Crippen MR) is 91.9 cm³/mol. The van der Waals surface area contributed by atoms with Crippen molar-refractivity contribution in [3.63, 3.8) is 0 Å². The lowest BCUT2D eigenvalue weighted by Gasteiger charge is -2.33. The highest BCUT2D eigenvalue weighted by Gasteiger charge is 2.27. The van der Waals surface area contributed by atoms with Gasteiger partial charge >= 0.3 is 0 Å². The Balaban J connectivity index is 3.76. The van der Waals surface area contributed by atoms with Crippen molar-refractivity contribution in [3.8, 4) is 0 Å². The molecule has 1 atom stereocenters. The van der Waals surface area contributed by atoms with Gasteiger partial charge in [-0.15, -0.1) is 9.24 Å². The zero-order chi connectivity index (χ0) is 15.0. The first-order valence-electron chi connectivity index (χ1n) is 7.49. The molecule has 1 rings (SSSR count). The van der Waals surface area contributed by atoms with Gasteiger partial charge in [-0.25, -0.2) is 0 Å². The van der Waals surface area contributed by atoms with Crippen LogP contribution in [0.2, 0.25) is 0 Å². The maximum absolute atomic E-state index is 3.05. The lowest BCUT2D eigenvalue weighted by atomic mass is 9.75. The molecule has 0 radical (unpaired) electrons. The molecule has 0 aliphatic carbocycles. The van der Waals surface area contributed by atoms with E-state index in [1.165, 1.54) is 27.6 Å². The third kappa shape index (κ3) is 3.40. The Hall–Kier alpha value is -0.350. The zero-order valence-electron chi connectivity index (χ0n) is 14.1. The van der Waals surface area contributed by atoms with Crippen molar-refractivity contribution in [1.82, 2.24) is 0 Å². The highest BCUT2D eigenvalue weighted by molar-refractivity contribution is 7.27. The van der Waals surface area contributed by atoms with Crippen LogP contribution in [0.5, 0.6) is 0 Å². The summed E-state index contributed by atoms with van der Waals surface area (Å²) in [7, 11) is 3.05. The SMILES string of the molecule is CCc1cc(CC)c(C(C)(C)C)c(P)c1C(C)(C)C. The van der Waals surface area contributed by atoms with Crippen molar-refractivity contribution >= 4 is 14.5 Å². The minimum Gasteiger partial charge on any atom is -0.105 e. The van der Waals surface area contributed by atoms with Gasteiger partial charge in [0.1, 0.15) is 0 Å². The molecule has 0 amide bonds. The number of hydrogen-bond donors (Lipinski definition) is 0. The van der Waals surface area contributed by atoms with Crippen LogP contribution in [0.1, 0.15) is 77.6 Å². The molecule has 1 heteroatoms. The zero-order valence-corrected chi connectivity index (χ0v) is 15.2. The third-order valence-corrected chi connectivity index (χ3v) is 4.37. The minimum absolute atomic E-state index is 0.203. The van der Waals surface area contributed by atoms with Crippen LogP contribution in [0.4, 0.5) is 0 Å². The van der Waals surface area contributed by atoms with E-state index >= 15 is 0 Å². The van der Waals surface area contributed by atoms with Crippen LogP contribution < -0.4 is 5.30 Å². The minimum atomic E-state index is 0.203. The van der Waals surface area contributed by atoms with Crippen molar-refractivity contribution in [1.29, 1.82) is 0 Å². The molecule has 0 aliphatic rings. The fourth-order valence-electron chi connectivity index (χ4n) is 3.15. The second-order valence-electron chi connectivity index (χ2n) is 7.57. The number of aryl methyl sites for hydroxylation is 2. The van der Waals surface area contributed by atoms with E-state index in [-0.39, 0.29) is 10.8 Å². The van der Waals surface area contributed by atoms with E-state index in [1.54, 1.807) is 0 Å². The number of benzene rings is 1. The van der Waals surface area contributed by atoms with Crippen LogP contribution in [0.3, 0.4) is 0 Å². The van der Waals surface area contributed by atoms with E-state index < -0.39 is 0 Å². The molecule has 1 aromatic rings. The van der Waals surface area contributed by atoms with Gasteiger partial charge in [0.2, 0.25) is 0 Å². The molecule has 0 N–H and O–H groups in total. The van der Waals surface area contributed by atoms with Crippen LogP contribution in [0, 0.1) is 0 Å². The van der Waals surface area contributed by atoms with E-state index in [4.69, 9.17) is 0 Å².